The zero-order valence-corrected chi connectivity index (χ0v) is 32.8. The Morgan fingerprint density at radius 3 is 1.22 bits per heavy atom. The lowest BCUT2D eigenvalue weighted by Gasteiger charge is -2.28. The summed E-state index contributed by atoms with van der Waals surface area (Å²) in [5.41, 5.74) is 4.56. The minimum atomic E-state index is -1.33. The number of esters is 2. The number of aliphatic carboxylic acids is 1. The fourth-order valence-electron chi connectivity index (χ4n) is 4.91. The molecule has 0 aliphatic rings. The fourth-order valence-corrected chi connectivity index (χ4v) is 4.91. The quantitative estimate of drug-likeness (QED) is 0.0941. The first-order valence-electron chi connectivity index (χ1n) is 17.8. The summed E-state index contributed by atoms with van der Waals surface area (Å²) >= 11 is 0. The number of hydrogen-bond acceptors (Lipinski definition) is 10. The molecule has 0 aliphatic carbocycles. The molecule has 0 fully saturated rings. The second-order valence-corrected chi connectivity index (χ2v) is 16.3. The lowest BCUT2D eigenvalue weighted by molar-refractivity contribution is -0.156. The molecule has 5 atom stereocenters. The number of carboxylic acid groups (broad SMARTS) is 1. The second kappa shape index (κ2) is 21.6. The van der Waals surface area contributed by atoms with E-state index in [0.29, 0.717) is 0 Å². The van der Waals surface area contributed by atoms with Crippen LogP contribution in [-0.4, -0.2) is 88.1 Å². The van der Waals surface area contributed by atoms with E-state index >= 15 is 0 Å². The molecule has 0 aromatic heterocycles. The van der Waals surface area contributed by atoms with Crippen molar-refractivity contribution in [3.05, 3.63) is 0 Å². The zero-order valence-electron chi connectivity index (χ0n) is 32.8. The van der Waals surface area contributed by atoms with Gasteiger partial charge in [-0.05, 0) is 91.4 Å². The van der Waals surface area contributed by atoms with Crippen molar-refractivity contribution in [1.82, 2.24) is 21.3 Å². The summed E-state index contributed by atoms with van der Waals surface area (Å²) in [5.74, 6) is -5.45. The Morgan fingerprint density at radius 2 is 0.843 bits per heavy atom. The molecule has 0 unspecified atom stereocenters. The molecule has 0 rings (SSSR count). The van der Waals surface area contributed by atoms with Gasteiger partial charge in [0.15, 0.2) is 0 Å². The van der Waals surface area contributed by atoms with E-state index in [2.05, 4.69) is 21.3 Å². The van der Waals surface area contributed by atoms with Gasteiger partial charge in [0, 0.05) is 12.8 Å². The molecule has 0 heterocycles. The standard InChI is InChI=1S/C36H65N5O10/c1-20(2)17-25(39-30(44)23(37)13-15-28(42)50-35(7,8)9)33(47)40-26(18-21(3)4)32(46)38-24(14-16-29(43)51-36(10,11)12)31(45)41-27(34(48)49)19-22(5)6/h20-27H,13-19,37H2,1-12H3,(H,38,46)(H,39,44)(H,40,47)(H,41,45)(H,48,49)/t23-,24-,25-,26-,27-/m0/s1. The monoisotopic (exact) mass is 727 g/mol. The highest BCUT2D eigenvalue weighted by atomic mass is 16.6. The summed E-state index contributed by atoms with van der Waals surface area (Å²) in [5, 5.41) is 20.1. The van der Waals surface area contributed by atoms with Gasteiger partial charge in [0.1, 0.15) is 35.4 Å². The number of rotatable bonds is 21. The summed E-state index contributed by atoms with van der Waals surface area (Å²) < 4.78 is 10.6. The van der Waals surface area contributed by atoms with Crippen molar-refractivity contribution < 1.29 is 48.1 Å². The van der Waals surface area contributed by atoms with Crippen molar-refractivity contribution in [2.75, 3.05) is 0 Å². The van der Waals surface area contributed by atoms with E-state index in [4.69, 9.17) is 15.2 Å². The molecule has 0 saturated heterocycles. The van der Waals surface area contributed by atoms with Crippen molar-refractivity contribution in [3.8, 4) is 0 Å². The van der Waals surface area contributed by atoms with Gasteiger partial charge >= 0.3 is 17.9 Å². The van der Waals surface area contributed by atoms with Crippen molar-refractivity contribution in [1.29, 1.82) is 0 Å². The van der Waals surface area contributed by atoms with Gasteiger partial charge < -0.3 is 41.6 Å². The van der Waals surface area contributed by atoms with Gasteiger partial charge in [-0.3, -0.25) is 28.8 Å². The molecule has 294 valence electrons. The number of carbonyl (C=O) groups excluding carboxylic acids is 6. The summed E-state index contributed by atoms with van der Waals surface area (Å²) in [6, 6.07) is -5.91. The maximum atomic E-state index is 13.7. The Morgan fingerprint density at radius 1 is 0.529 bits per heavy atom. The molecule has 15 nitrogen and oxygen atoms in total. The summed E-state index contributed by atoms with van der Waals surface area (Å²) in [4.78, 5) is 90.3. The molecule has 0 aromatic rings. The molecule has 0 aromatic carbocycles. The highest BCUT2D eigenvalue weighted by Crippen LogP contribution is 2.14. The van der Waals surface area contributed by atoms with Crippen molar-refractivity contribution >= 4 is 41.5 Å². The molecule has 0 spiro atoms. The molecule has 4 amide bonds. The van der Waals surface area contributed by atoms with Crippen LogP contribution in [-0.2, 0) is 43.0 Å². The minimum Gasteiger partial charge on any atom is -0.480 e. The predicted molar refractivity (Wildman–Crippen MR) is 192 cm³/mol. The molecule has 7 N–H and O–H groups in total. The third-order valence-electron chi connectivity index (χ3n) is 7.11. The highest BCUT2D eigenvalue weighted by Gasteiger charge is 2.33. The van der Waals surface area contributed by atoms with Crippen LogP contribution in [0.4, 0.5) is 0 Å². The number of nitrogens with one attached hydrogen (secondary N) is 4. The molecular formula is C36H65N5O10. The van der Waals surface area contributed by atoms with Crippen LogP contribution in [0.25, 0.3) is 0 Å². The van der Waals surface area contributed by atoms with Crippen LogP contribution in [0.2, 0.25) is 0 Å². The largest absolute Gasteiger partial charge is 0.480 e. The highest BCUT2D eigenvalue weighted by molar-refractivity contribution is 5.95. The van der Waals surface area contributed by atoms with Gasteiger partial charge in [-0.15, -0.1) is 0 Å². The molecule has 0 saturated carbocycles. The van der Waals surface area contributed by atoms with E-state index < -0.39 is 82.9 Å². The maximum Gasteiger partial charge on any atom is 0.326 e. The molecule has 15 heteroatoms. The van der Waals surface area contributed by atoms with Crippen LogP contribution >= 0.6 is 0 Å². The molecular weight excluding hydrogens is 662 g/mol. The van der Waals surface area contributed by atoms with Gasteiger partial charge in [-0.1, -0.05) is 41.5 Å². The third-order valence-corrected chi connectivity index (χ3v) is 7.11. The van der Waals surface area contributed by atoms with E-state index in [-0.39, 0.29) is 62.7 Å². The van der Waals surface area contributed by atoms with Gasteiger partial charge in [0.2, 0.25) is 23.6 Å². The number of amides is 4. The van der Waals surface area contributed by atoms with E-state index in [0.717, 1.165) is 0 Å². The average Bonchev–Trinajstić information content (AvgIpc) is 2.93. The smallest absolute Gasteiger partial charge is 0.326 e. The molecule has 0 bridgehead atoms. The Labute approximate surface area is 303 Å². The minimum absolute atomic E-state index is 0.0121. The predicted octanol–water partition coefficient (Wildman–Crippen LogP) is 2.72. The maximum absolute atomic E-state index is 13.7. The summed E-state index contributed by atoms with van der Waals surface area (Å²) in [7, 11) is 0. The number of ether oxygens (including phenoxy) is 2. The normalized spacial score (nSPS) is 14.9. The molecule has 51 heavy (non-hydrogen) atoms. The van der Waals surface area contributed by atoms with Crippen LogP contribution < -0.4 is 27.0 Å². The SMILES string of the molecule is CC(C)C[C@H](NC(=O)[C@H](CCC(=O)OC(C)(C)C)NC(=O)[C@H](CC(C)C)NC(=O)[C@H](CC(C)C)NC(=O)[C@@H](N)CCC(=O)OC(C)(C)C)C(=O)O. The average molecular weight is 728 g/mol. The fraction of sp³-hybridized carbons (Fsp3) is 0.806. The topological polar surface area (TPSA) is 232 Å². The van der Waals surface area contributed by atoms with Crippen molar-refractivity contribution in [2.45, 2.75) is 169 Å². The summed E-state index contributed by atoms with van der Waals surface area (Å²) in [6.07, 6.45) is -0.0712. The Kier molecular flexibility index (Phi) is 20.0. The van der Waals surface area contributed by atoms with E-state index in [1.165, 1.54) is 0 Å². The Hall–Kier alpha value is -3.75. The van der Waals surface area contributed by atoms with Gasteiger partial charge in [0.05, 0.1) is 6.04 Å². The van der Waals surface area contributed by atoms with Gasteiger partial charge in [0.25, 0.3) is 0 Å². The summed E-state index contributed by atoms with van der Waals surface area (Å²) in [6.45, 7) is 21.2. The number of nitrogens with two attached hydrogens (primary N) is 1. The van der Waals surface area contributed by atoms with Gasteiger partial charge in [-0.25, -0.2) is 4.79 Å². The van der Waals surface area contributed by atoms with Crippen LogP contribution in [0.1, 0.15) is 128 Å². The first-order chi connectivity index (χ1) is 23.2. The zero-order chi connectivity index (χ0) is 39.9. The molecule has 0 aliphatic heterocycles. The van der Waals surface area contributed by atoms with Gasteiger partial charge in [-0.2, -0.15) is 0 Å². The van der Waals surface area contributed by atoms with Crippen LogP contribution in [0.5, 0.6) is 0 Å². The van der Waals surface area contributed by atoms with Crippen LogP contribution in [0.3, 0.4) is 0 Å². The first kappa shape index (κ1) is 47.2. The van der Waals surface area contributed by atoms with E-state index in [1.54, 1.807) is 55.4 Å². The lowest BCUT2D eigenvalue weighted by atomic mass is 9.99. The van der Waals surface area contributed by atoms with Crippen LogP contribution in [0.15, 0.2) is 0 Å². The number of hydrogen-bond donors (Lipinski definition) is 6. The van der Waals surface area contributed by atoms with E-state index in [1.807, 2.05) is 27.7 Å². The van der Waals surface area contributed by atoms with E-state index in [9.17, 15) is 38.7 Å². The Bertz CT molecular complexity index is 1190. The van der Waals surface area contributed by atoms with Crippen molar-refractivity contribution in [2.24, 2.45) is 23.5 Å². The lowest BCUT2D eigenvalue weighted by Crippen LogP contribution is -2.59. The molecule has 0 radical (unpaired) electrons. The third kappa shape index (κ3) is 21.9. The number of carboxylic acids is 1. The Balaban J connectivity index is 6.08. The van der Waals surface area contributed by atoms with Crippen LogP contribution in [0, 0.1) is 17.8 Å². The number of carbonyl (C=O) groups is 7. The second-order valence-electron chi connectivity index (χ2n) is 16.3. The first-order valence-corrected chi connectivity index (χ1v) is 17.8. The van der Waals surface area contributed by atoms with Crippen molar-refractivity contribution in [3.63, 3.8) is 0 Å².